The van der Waals surface area contributed by atoms with Gasteiger partial charge in [-0.3, -0.25) is 9.59 Å². The predicted octanol–water partition coefficient (Wildman–Crippen LogP) is 2.73. The molecule has 0 N–H and O–H groups in total. The molecule has 0 aromatic heterocycles. The van der Waals surface area contributed by atoms with Crippen molar-refractivity contribution >= 4 is 11.8 Å². The Labute approximate surface area is 103 Å². The van der Waals surface area contributed by atoms with Crippen LogP contribution in [0, 0.1) is 17.8 Å². The van der Waals surface area contributed by atoms with E-state index < -0.39 is 0 Å². The number of carbonyl (C=O) groups is 2. The molecule has 2 aliphatic rings. The molecule has 0 aromatic carbocycles. The van der Waals surface area contributed by atoms with Crippen LogP contribution in [0.5, 0.6) is 0 Å². The summed E-state index contributed by atoms with van der Waals surface area (Å²) in [5.41, 5.74) is 0. The SMILES string of the molecule is COC(=O)C[C@@H]1CC[C@@H](C2CCCCC2)C1=O. The van der Waals surface area contributed by atoms with Gasteiger partial charge >= 0.3 is 5.97 Å². The molecule has 0 bridgehead atoms. The Kier molecular flexibility index (Phi) is 4.19. The first kappa shape index (κ1) is 12.6. The van der Waals surface area contributed by atoms with E-state index in [1.54, 1.807) is 0 Å². The van der Waals surface area contributed by atoms with Crippen LogP contribution in [0.25, 0.3) is 0 Å². The van der Waals surface area contributed by atoms with E-state index in [9.17, 15) is 9.59 Å². The summed E-state index contributed by atoms with van der Waals surface area (Å²) in [4.78, 5) is 23.5. The second kappa shape index (κ2) is 5.65. The van der Waals surface area contributed by atoms with E-state index in [0.717, 1.165) is 12.8 Å². The van der Waals surface area contributed by atoms with Crippen LogP contribution in [0.2, 0.25) is 0 Å². The molecule has 0 aromatic rings. The first-order chi connectivity index (χ1) is 8.22. The summed E-state index contributed by atoms with van der Waals surface area (Å²) in [5, 5.41) is 0. The van der Waals surface area contributed by atoms with Crippen LogP contribution in [0.4, 0.5) is 0 Å². The standard InChI is InChI=1S/C14H22O3/c1-17-13(15)9-11-7-8-12(14(11)16)10-5-3-2-4-6-10/h10-12H,2-9H2,1H3/t11-,12-/m0/s1. The fourth-order valence-corrected chi connectivity index (χ4v) is 3.46. The summed E-state index contributed by atoms with van der Waals surface area (Å²) in [7, 11) is 1.39. The molecule has 17 heavy (non-hydrogen) atoms. The Morgan fingerprint density at radius 2 is 1.88 bits per heavy atom. The van der Waals surface area contributed by atoms with Gasteiger partial charge in [-0.05, 0) is 31.6 Å². The first-order valence-corrected chi connectivity index (χ1v) is 6.83. The molecule has 96 valence electrons. The maximum absolute atomic E-state index is 12.2. The molecule has 0 saturated heterocycles. The van der Waals surface area contributed by atoms with Gasteiger partial charge in [0.05, 0.1) is 13.5 Å². The monoisotopic (exact) mass is 238 g/mol. The van der Waals surface area contributed by atoms with Crippen molar-refractivity contribution < 1.29 is 14.3 Å². The van der Waals surface area contributed by atoms with E-state index in [1.807, 2.05) is 0 Å². The number of ether oxygens (including phenoxy) is 1. The van der Waals surface area contributed by atoms with Gasteiger partial charge in [-0.2, -0.15) is 0 Å². The highest BCUT2D eigenvalue weighted by molar-refractivity contribution is 5.89. The van der Waals surface area contributed by atoms with Crippen molar-refractivity contribution in [3.05, 3.63) is 0 Å². The molecule has 0 heterocycles. The third-order valence-electron chi connectivity index (χ3n) is 4.45. The molecule has 3 nitrogen and oxygen atoms in total. The number of hydrogen-bond donors (Lipinski definition) is 0. The van der Waals surface area contributed by atoms with Gasteiger partial charge in [0, 0.05) is 11.8 Å². The smallest absolute Gasteiger partial charge is 0.306 e. The van der Waals surface area contributed by atoms with Crippen LogP contribution >= 0.6 is 0 Å². The summed E-state index contributed by atoms with van der Waals surface area (Å²) in [6.45, 7) is 0. The number of hydrogen-bond acceptors (Lipinski definition) is 3. The normalized spacial score (nSPS) is 30.5. The number of methoxy groups -OCH3 is 1. The molecule has 0 amide bonds. The lowest BCUT2D eigenvalue weighted by atomic mass is 9.78. The zero-order valence-electron chi connectivity index (χ0n) is 10.6. The Balaban J connectivity index is 1.90. The van der Waals surface area contributed by atoms with Crippen LogP contribution in [-0.2, 0) is 14.3 Å². The minimum absolute atomic E-state index is 0.0608. The van der Waals surface area contributed by atoms with Crippen molar-refractivity contribution in [1.29, 1.82) is 0 Å². The van der Waals surface area contributed by atoms with Gasteiger partial charge in [-0.1, -0.05) is 19.3 Å². The van der Waals surface area contributed by atoms with E-state index >= 15 is 0 Å². The highest BCUT2D eigenvalue weighted by atomic mass is 16.5. The zero-order valence-corrected chi connectivity index (χ0v) is 10.6. The van der Waals surface area contributed by atoms with Crippen molar-refractivity contribution in [2.45, 2.75) is 51.4 Å². The molecular formula is C14H22O3. The van der Waals surface area contributed by atoms with Gasteiger partial charge in [0.15, 0.2) is 0 Å². The van der Waals surface area contributed by atoms with E-state index in [1.165, 1.54) is 39.2 Å². The molecule has 2 aliphatic carbocycles. The van der Waals surface area contributed by atoms with Crippen LogP contribution < -0.4 is 0 Å². The van der Waals surface area contributed by atoms with Gasteiger partial charge < -0.3 is 4.74 Å². The van der Waals surface area contributed by atoms with Gasteiger partial charge in [0.25, 0.3) is 0 Å². The molecule has 0 radical (unpaired) electrons. The third-order valence-corrected chi connectivity index (χ3v) is 4.45. The second-order valence-corrected chi connectivity index (χ2v) is 5.46. The second-order valence-electron chi connectivity index (χ2n) is 5.46. The van der Waals surface area contributed by atoms with E-state index in [4.69, 9.17) is 0 Å². The number of carbonyl (C=O) groups excluding carboxylic acids is 2. The topological polar surface area (TPSA) is 43.4 Å². The highest BCUT2D eigenvalue weighted by Crippen LogP contribution is 2.40. The zero-order chi connectivity index (χ0) is 12.3. The van der Waals surface area contributed by atoms with Crippen molar-refractivity contribution in [2.24, 2.45) is 17.8 Å². The first-order valence-electron chi connectivity index (χ1n) is 6.83. The van der Waals surface area contributed by atoms with Crippen molar-refractivity contribution in [3.63, 3.8) is 0 Å². The summed E-state index contributed by atoms with van der Waals surface area (Å²) < 4.78 is 4.65. The number of Topliss-reactive ketones (excluding diaryl/α,β-unsaturated/α-hetero) is 1. The molecule has 3 heteroatoms. The Morgan fingerprint density at radius 3 is 2.53 bits per heavy atom. The Morgan fingerprint density at radius 1 is 1.18 bits per heavy atom. The van der Waals surface area contributed by atoms with Crippen LogP contribution in [0.3, 0.4) is 0 Å². The van der Waals surface area contributed by atoms with Gasteiger partial charge in [-0.15, -0.1) is 0 Å². The third kappa shape index (κ3) is 2.88. The molecule has 2 rings (SSSR count). The molecule has 2 fully saturated rings. The minimum atomic E-state index is -0.243. The van der Waals surface area contributed by atoms with E-state index in [2.05, 4.69) is 4.74 Å². The maximum Gasteiger partial charge on any atom is 0.306 e. The Hall–Kier alpha value is -0.860. The minimum Gasteiger partial charge on any atom is -0.469 e. The molecule has 2 atom stereocenters. The summed E-state index contributed by atoms with van der Waals surface area (Å²) >= 11 is 0. The summed E-state index contributed by atoms with van der Waals surface area (Å²) in [6.07, 6.45) is 8.46. The van der Waals surface area contributed by atoms with E-state index in [0.29, 0.717) is 18.1 Å². The molecular weight excluding hydrogens is 216 g/mol. The fraction of sp³-hybridized carbons (Fsp3) is 0.857. The van der Waals surface area contributed by atoms with Crippen LogP contribution in [-0.4, -0.2) is 18.9 Å². The number of ketones is 1. The molecule has 0 unspecified atom stereocenters. The molecule has 2 saturated carbocycles. The average Bonchev–Trinajstić information content (AvgIpc) is 2.72. The maximum atomic E-state index is 12.2. The lowest BCUT2D eigenvalue weighted by Crippen LogP contribution is -2.25. The van der Waals surface area contributed by atoms with Gasteiger partial charge in [0.2, 0.25) is 0 Å². The number of esters is 1. The van der Waals surface area contributed by atoms with Crippen molar-refractivity contribution in [3.8, 4) is 0 Å². The lowest BCUT2D eigenvalue weighted by molar-refractivity contribution is -0.143. The van der Waals surface area contributed by atoms with Gasteiger partial charge in [0.1, 0.15) is 5.78 Å². The largest absolute Gasteiger partial charge is 0.469 e. The Bertz CT molecular complexity index is 292. The fourth-order valence-electron chi connectivity index (χ4n) is 3.46. The predicted molar refractivity (Wildman–Crippen MR) is 64.4 cm³/mol. The van der Waals surface area contributed by atoms with Crippen molar-refractivity contribution in [2.75, 3.05) is 7.11 Å². The quantitative estimate of drug-likeness (QED) is 0.710. The van der Waals surface area contributed by atoms with Gasteiger partial charge in [-0.25, -0.2) is 0 Å². The van der Waals surface area contributed by atoms with E-state index in [-0.39, 0.29) is 17.8 Å². The summed E-state index contributed by atoms with van der Waals surface area (Å²) in [5.74, 6) is 0.869. The van der Waals surface area contributed by atoms with Crippen LogP contribution in [0.1, 0.15) is 51.4 Å². The average molecular weight is 238 g/mol. The molecule has 0 spiro atoms. The lowest BCUT2D eigenvalue weighted by Gasteiger charge is -2.26. The summed E-state index contributed by atoms with van der Waals surface area (Å²) in [6, 6.07) is 0. The highest BCUT2D eigenvalue weighted by Gasteiger charge is 2.39. The van der Waals surface area contributed by atoms with Crippen LogP contribution in [0.15, 0.2) is 0 Å². The molecule has 0 aliphatic heterocycles. The number of rotatable bonds is 3. The van der Waals surface area contributed by atoms with Crippen molar-refractivity contribution in [1.82, 2.24) is 0 Å².